The van der Waals surface area contributed by atoms with Crippen molar-refractivity contribution in [1.29, 1.82) is 0 Å². The van der Waals surface area contributed by atoms with E-state index in [1.54, 1.807) is 0 Å². The van der Waals surface area contributed by atoms with Gasteiger partial charge in [-0.25, -0.2) is 12.8 Å². The second-order valence-electron chi connectivity index (χ2n) is 5.03. The van der Waals surface area contributed by atoms with Gasteiger partial charge in [-0.1, -0.05) is 16.1 Å². The molecule has 0 atom stereocenters. The van der Waals surface area contributed by atoms with Crippen LogP contribution in [0.2, 0.25) is 5.02 Å². The van der Waals surface area contributed by atoms with E-state index in [0.717, 1.165) is 10.5 Å². The summed E-state index contributed by atoms with van der Waals surface area (Å²) < 4.78 is 43.1. The number of benzene rings is 2. The molecular formula is C16H16ClFN2O5S. The lowest BCUT2D eigenvalue weighted by Gasteiger charge is -2.14. The van der Waals surface area contributed by atoms with E-state index in [1.807, 2.05) is 0 Å². The molecule has 1 N–H and O–H groups in total. The molecular weight excluding hydrogens is 387 g/mol. The zero-order valence-electron chi connectivity index (χ0n) is 13.9. The second kappa shape index (κ2) is 8.45. The molecule has 0 aliphatic carbocycles. The molecule has 0 unspecified atom stereocenters. The number of hydroxylamine groups is 1. The monoisotopic (exact) mass is 402 g/mol. The van der Waals surface area contributed by atoms with Crippen LogP contribution >= 0.6 is 11.6 Å². The minimum atomic E-state index is -3.76. The first-order valence-electron chi connectivity index (χ1n) is 7.25. The standard InChI is InChI=1S/C16H16ClFN2O5S/c1-20(24-2)26(22,23)13-6-3-11(4-7-13)19-16(21)10-25-12-5-8-15(18)14(17)9-12/h3-9H,10H2,1-2H3,(H,19,21). The topological polar surface area (TPSA) is 84.9 Å². The molecule has 2 aromatic rings. The zero-order valence-corrected chi connectivity index (χ0v) is 15.5. The fourth-order valence-electron chi connectivity index (χ4n) is 1.87. The predicted octanol–water partition coefficient (Wildman–Crippen LogP) is 2.68. The van der Waals surface area contributed by atoms with E-state index >= 15 is 0 Å². The summed E-state index contributed by atoms with van der Waals surface area (Å²) in [6, 6.07) is 9.27. The Kier molecular flexibility index (Phi) is 6.54. The number of amides is 1. The van der Waals surface area contributed by atoms with E-state index in [0.29, 0.717) is 5.69 Å². The molecule has 0 aromatic heterocycles. The van der Waals surface area contributed by atoms with Crippen molar-refractivity contribution in [3.05, 3.63) is 53.3 Å². The van der Waals surface area contributed by atoms with Gasteiger partial charge in [-0.15, -0.1) is 0 Å². The molecule has 0 saturated carbocycles. The molecule has 0 aliphatic heterocycles. The van der Waals surface area contributed by atoms with Crippen molar-refractivity contribution < 1.29 is 27.2 Å². The summed E-state index contributed by atoms with van der Waals surface area (Å²) in [5.41, 5.74) is 0.384. The first-order valence-corrected chi connectivity index (χ1v) is 9.06. The Hall–Kier alpha value is -2.20. The molecule has 0 fully saturated rings. The van der Waals surface area contributed by atoms with E-state index in [-0.39, 0.29) is 22.3 Å². The second-order valence-corrected chi connectivity index (χ2v) is 7.38. The zero-order chi connectivity index (χ0) is 19.3. The quantitative estimate of drug-likeness (QED) is 0.720. The summed E-state index contributed by atoms with van der Waals surface area (Å²) in [5.74, 6) is -0.816. The average molecular weight is 403 g/mol. The third-order valence-corrected chi connectivity index (χ3v) is 5.28. The molecule has 0 spiro atoms. The van der Waals surface area contributed by atoms with Crippen LogP contribution in [0.3, 0.4) is 0 Å². The van der Waals surface area contributed by atoms with Crippen molar-refractivity contribution in [1.82, 2.24) is 4.47 Å². The predicted molar refractivity (Wildman–Crippen MR) is 93.9 cm³/mol. The molecule has 1 amide bonds. The van der Waals surface area contributed by atoms with Crippen LogP contribution in [0.4, 0.5) is 10.1 Å². The maximum atomic E-state index is 13.1. The lowest BCUT2D eigenvalue weighted by molar-refractivity contribution is -0.118. The Morgan fingerprint density at radius 3 is 2.46 bits per heavy atom. The largest absolute Gasteiger partial charge is 0.484 e. The highest BCUT2D eigenvalue weighted by Gasteiger charge is 2.20. The van der Waals surface area contributed by atoms with Crippen molar-refractivity contribution in [2.45, 2.75) is 4.90 Å². The van der Waals surface area contributed by atoms with E-state index in [1.165, 1.54) is 50.6 Å². The molecule has 0 aliphatic rings. The van der Waals surface area contributed by atoms with E-state index in [2.05, 4.69) is 10.2 Å². The van der Waals surface area contributed by atoms with Crippen LogP contribution in [0.1, 0.15) is 0 Å². The first-order chi connectivity index (χ1) is 12.2. The highest BCUT2D eigenvalue weighted by Crippen LogP contribution is 2.21. The Morgan fingerprint density at radius 2 is 1.88 bits per heavy atom. The summed E-state index contributed by atoms with van der Waals surface area (Å²) >= 11 is 5.63. The van der Waals surface area contributed by atoms with Crippen molar-refractivity contribution in [2.75, 3.05) is 26.1 Å². The molecule has 2 rings (SSSR count). The Labute approximate surface area is 155 Å². The smallest absolute Gasteiger partial charge is 0.264 e. The lowest BCUT2D eigenvalue weighted by Crippen LogP contribution is -2.25. The van der Waals surface area contributed by atoms with Gasteiger partial charge in [0.2, 0.25) is 0 Å². The van der Waals surface area contributed by atoms with Gasteiger partial charge in [0.15, 0.2) is 6.61 Å². The van der Waals surface area contributed by atoms with Gasteiger partial charge in [-0.05, 0) is 36.4 Å². The minimum Gasteiger partial charge on any atom is -0.484 e. The number of rotatable bonds is 7. The highest BCUT2D eigenvalue weighted by atomic mass is 35.5. The average Bonchev–Trinajstić information content (AvgIpc) is 2.62. The van der Waals surface area contributed by atoms with Gasteiger partial charge in [0.25, 0.3) is 15.9 Å². The summed E-state index contributed by atoms with van der Waals surface area (Å²) in [7, 11) is -1.25. The molecule has 0 bridgehead atoms. The van der Waals surface area contributed by atoms with Gasteiger partial charge in [-0.3, -0.25) is 9.63 Å². The number of anilines is 1. The molecule has 26 heavy (non-hydrogen) atoms. The number of ether oxygens (including phenoxy) is 1. The Balaban J connectivity index is 1.96. The highest BCUT2D eigenvalue weighted by molar-refractivity contribution is 7.89. The summed E-state index contributed by atoms with van der Waals surface area (Å²) in [5, 5.41) is 2.44. The number of halogens is 2. The first kappa shape index (κ1) is 20.1. The number of nitrogens with one attached hydrogen (secondary N) is 1. The molecule has 2 aromatic carbocycles. The lowest BCUT2D eigenvalue weighted by atomic mass is 10.3. The fourth-order valence-corrected chi connectivity index (χ4v) is 3.01. The summed E-state index contributed by atoms with van der Waals surface area (Å²) in [6.07, 6.45) is 0. The van der Waals surface area contributed by atoms with Crippen molar-refractivity contribution in [3.63, 3.8) is 0 Å². The Morgan fingerprint density at radius 1 is 1.23 bits per heavy atom. The normalized spacial score (nSPS) is 11.4. The molecule has 7 nitrogen and oxygen atoms in total. The van der Waals surface area contributed by atoms with E-state index in [4.69, 9.17) is 16.3 Å². The van der Waals surface area contributed by atoms with Crippen LogP contribution in [-0.2, 0) is 19.7 Å². The van der Waals surface area contributed by atoms with E-state index in [9.17, 15) is 17.6 Å². The van der Waals surface area contributed by atoms with Crippen LogP contribution in [0.5, 0.6) is 5.75 Å². The molecule has 0 heterocycles. The summed E-state index contributed by atoms with van der Waals surface area (Å²) in [4.78, 5) is 16.6. The third kappa shape index (κ3) is 4.92. The van der Waals surface area contributed by atoms with E-state index < -0.39 is 21.7 Å². The molecule has 0 saturated heterocycles. The number of carbonyl (C=O) groups excluding carboxylic acids is 1. The van der Waals surface area contributed by atoms with Gasteiger partial charge in [0.1, 0.15) is 11.6 Å². The van der Waals surface area contributed by atoms with Crippen molar-refractivity contribution in [2.24, 2.45) is 0 Å². The maximum Gasteiger partial charge on any atom is 0.264 e. The number of hydrogen-bond acceptors (Lipinski definition) is 5. The van der Waals surface area contributed by atoms with Crippen molar-refractivity contribution >= 4 is 33.2 Å². The number of sulfonamides is 1. The van der Waals surface area contributed by atoms with Crippen LogP contribution in [0, 0.1) is 5.82 Å². The SMILES string of the molecule is CON(C)S(=O)(=O)c1ccc(NC(=O)COc2ccc(F)c(Cl)c2)cc1. The van der Waals surface area contributed by atoms with Crippen LogP contribution in [0.25, 0.3) is 0 Å². The van der Waals surface area contributed by atoms with Crippen LogP contribution < -0.4 is 10.1 Å². The maximum absolute atomic E-state index is 13.1. The molecule has 0 radical (unpaired) electrons. The number of nitrogens with zero attached hydrogens (tertiary/aromatic N) is 1. The van der Waals surface area contributed by atoms with Crippen molar-refractivity contribution in [3.8, 4) is 5.75 Å². The van der Waals surface area contributed by atoms with Crippen LogP contribution in [-0.4, -0.2) is 39.6 Å². The van der Waals surface area contributed by atoms with Gasteiger partial charge < -0.3 is 10.1 Å². The number of carbonyl (C=O) groups is 1. The summed E-state index contributed by atoms with van der Waals surface area (Å²) in [6.45, 7) is -0.325. The fraction of sp³-hybridized carbons (Fsp3) is 0.188. The Bertz CT molecular complexity index is 890. The van der Waals surface area contributed by atoms with Gasteiger partial charge in [0, 0.05) is 18.8 Å². The van der Waals surface area contributed by atoms with Crippen LogP contribution in [0.15, 0.2) is 47.4 Å². The minimum absolute atomic E-state index is 0.0112. The van der Waals surface area contributed by atoms with Gasteiger partial charge in [0.05, 0.1) is 17.0 Å². The third-order valence-electron chi connectivity index (χ3n) is 3.29. The van der Waals surface area contributed by atoms with Gasteiger partial charge >= 0.3 is 0 Å². The van der Waals surface area contributed by atoms with Gasteiger partial charge in [-0.2, -0.15) is 0 Å². The molecule has 10 heteroatoms. The molecule has 140 valence electrons. The number of hydrogen-bond donors (Lipinski definition) is 1.